The molecule has 35 heavy (non-hydrogen) atoms. The maximum atomic E-state index is 13.3. The number of thioether (sulfide) groups is 1. The molecule has 0 saturated carbocycles. The third kappa shape index (κ3) is 4.73. The summed E-state index contributed by atoms with van der Waals surface area (Å²) in [6, 6.07) is 18.4. The number of amides is 1. The van der Waals surface area contributed by atoms with Gasteiger partial charge in [-0.15, -0.1) is 0 Å². The lowest BCUT2D eigenvalue weighted by molar-refractivity contribution is -0.122. The predicted octanol–water partition coefficient (Wildman–Crippen LogP) is 5.34. The van der Waals surface area contributed by atoms with Crippen LogP contribution in [0.5, 0.6) is 11.6 Å². The Balaban J connectivity index is 1.54. The van der Waals surface area contributed by atoms with E-state index in [0.29, 0.717) is 27.2 Å². The normalized spacial score (nSPS) is 14.8. The van der Waals surface area contributed by atoms with Crippen molar-refractivity contribution in [1.82, 2.24) is 14.3 Å². The fourth-order valence-corrected chi connectivity index (χ4v) is 4.78. The van der Waals surface area contributed by atoms with Gasteiger partial charge in [0.1, 0.15) is 27.1 Å². The third-order valence-corrected chi connectivity index (χ3v) is 6.75. The van der Waals surface area contributed by atoms with Crippen molar-refractivity contribution in [2.45, 2.75) is 13.5 Å². The summed E-state index contributed by atoms with van der Waals surface area (Å²) >= 11 is 6.58. The SMILES string of the molecule is Cc1ccc(CN2C(=O)/C(=C\c3c(Oc4ccc(F)cc4)nc4ccccn4c3=O)SC2=S)cc1. The minimum atomic E-state index is -0.415. The van der Waals surface area contributed by atoms with Gasteiger partial charge in [0.05, 0.1) is 11.4 Å². The van der Waals surface area contributed by atoms with Crippen LogP contribution in [-0.4, -0.2) is 24.5 Å². The topological polar surface area (TPSA) is 63.9 Å². The number of carbonyl (C=O) groups excluding carboxylic acids is 1. The monoisotopic (exact) mass is 503 g/mol. The number of halogens is 1. The molecule has 1 saturated heterocycles. The molecule has 0 atom stereocenters. The number of fused-ring (bicyclic) bond motifs is 1. The Labute approximate surface area is 209 Å². The van der Waals surface area contributed by atoms with Gasteiger partial charge in [0.2, 0.25) is 5.88 Å². The molecule has 0 spiro atoms. The first-order chi connectivity index (χ1) is 16.9. The maximum absolute atomic E-state index is 13.3. The van der Waals surface area contributed by atoms with Crippen molar-refractivity contribution in [1.29, 1.82) is 0 Å². The summed E-state index contributed by atoms with van der Waals surface area (Å²) in [6.45, 7) is 2.32. The van der Waals surface area contributed by atoms with Gasteiger partial charge in [0, 0.05) is 6.20 Å². The summed E-state index contributed by atoms with van der Waals surface area (Å²) in [5, 5.41) is 0. The van der Waals surface area contributed by atoms with Crippen molar-refractivity contribution in [3.63, 3.8) is 0 Å². The number of aromatic nitrogens is 2. The Kier molecular flexibility index (Phi) is 6.19. The van der Waals surface area contributed by atoms with Crippen LogP contribution in [0.15, 0.2) is 82.6 Å². The second kappa shape index (κ2) is 9.44. The lowest BCUT2D eigenvalue weighted by Crippen LogP contribution is -2.27. The largest absolute Gasteiger partial charge is 0.438 e. The lowest BCUT2D eigenvalue weighted by atomic mass is 10.1. The van der Waals surface area contributed by atoms with Crippen molar-refractivity contribution in [2.75, 3.05) is 0 Å². The van der Waals surface area contributed by atoms with E-state index in [1.54, 1.807) is 24.4 Å². The Hall–Kier alpha value is -3.82. The smallest absolute Gasteiger partial charge is 0.269 e. The molecule has 1 fully saturated rings. The number of pyridine rings is 1. The average molecular weight is 504 g/mol. The van der Waals surface area contributed by atoms with Crippen LogP contribution >= 0.6 is 24.0 Å². The van der Waals surface area contributed by atoms with Crippen LogP contribution in [0, 0.1) is 12.7 Å². The predicted molar refractivity (Wildman–Crippen MR) is 138 cm³/mol. The molecule has 9 heteroatoms. The third-order valence-electron chi connectivity index (χ3n) is 5.37. The summed E-state index contributed by atoms with van der Waals surface area (Å²) in [6.07, 6.45) is 3.05. The molecule has 0 unspecified atom stereocenters. The average Bonchev–Trinajstić information content (AvgIpc) is 3.11. The highest BCUT2D eigenvalue weighted by Gasteiger charge is 2.33. The minimum Gasteiger partial charge on any atom is -0.438 e. The van der Waals surface area contributed by atoms with Gasteiger partial charge < -0.3 is 4.74 Å². The van der Waals surface area contributed by atoms with E-state index in [1.165, 1.54) is 39.6 Å². The number of rotatable bonds is 5. The first-order valence-electron chi connectivity index (χ1n) is 10.6. The molecule has 0 aliphatic carbocycles. The first-order valence-corrected chi connectivity index (χ1v) is 11.9. The molecule has 1 aliphatic rings. The second-order valence-electron chi connectivity index (χ2n) is 7.87. The summed E-state index contributed by atoms with van der Waals surface area (Å²) < 4.78 is 21.0. The first kappa shape index (κ1) is 22.9. The van der Waals surface area contributed by atoms with E-state index >= 15 is 0 Å². The van der Waals surface area contributed by atoms with Gasteiger partial charge in [-0.2, -0.15) is 4.98 Å². The fourth-order valence-electron chi connectivity index (χ4n) is 3.54. The maximum Gasteiger partial charge on any atom is 0.269 e. The van der Waals surface area contributed by atoms with Crippen LogP contribution in [-0.2, 0) is 11.3 Å². The van der Waals surface area contributed by atoms with Gasteiger partial charge in [-0.1, -0.05) is 59.9 Å². The molecule has 0 radical (unpaired) electrons. The molecule has 174 valence electrons. The molecule has 2 aromatic heterocycles. The van der Waals surface area contributed by atoms with Gasteiger partial charge >= 0.3 is 0 Å². The van der Waals surface area contributed by atoms with Crippen LogP contribution in [0.1, 0.15) is 16.7 Å². The number of benzene rings is 2. The Bertz CT molecular complexity index is 1550. The molecular formula is C26H18FN3O3S2. The van der Waals surface area contributed by atoms with E-state index in [1.807, 2.05) is 31.2 Å². The second-order valence-corrected chi connectivity index (χ2v) is 9.55. The molecule has 6 nitrogen and oxygen atoms in total. The Morgan fingerprint density at radius 2 is 1.80 bits per heavy atom. The lowest BCUT2D eigenvalue weighted by Gasteiger charge is -2.14. The van der Waals surface area contributed by atoms with Crippen molar-refractivity contribution in [2.24, 2.45) is 0 Å². The minimum absolute atomic E-state index is 0.0108. The number of hydrogen-bond donors (Lipinski definition) is 0. The van der Waals surface area contributed by atoms with Crippen molar-refractivity contribution >= 4 is 45.9 Å². The molecule has 5 rings (SSSR count). The number of nitrogens with zero attached hydrogens (tertiary/aromatic N) is 3. The van der Waals surface area contributed by atoms with Gasteiger partial charge in [0.25, 0.3) is 11.5 Å². The number of ether oxygens (including phenoxy) is 1. The highest BCUT2D eigenvalue weighted by Crippen LogP contribution is 2.35. The summed E-state index contributed by atoms with van der Waals surface area (Å²) in [5.41, 5.74) is 2.13. The zero-order valence-corrected chi connectivity index (χ0v) is 20.1. The molecule has 0 bridgehead atoms. The van der Waals surface area contributed by atoms with E-state index in [4.69, 9.17) is 17.0 Å². The zero-order valence-electron chi connectivity index (χ0n) is 18.5. The molecule has 4 aromatic rings. The van der Waals surface area contributed by atoms with E-state index in [-0.39, 0.29) is 17.4 Å². The summed E-state index contributed by atoms with van der Waals surface area (Å²) in [4.78, 5) is 32.8. The molecule has 1 amide bonds. The molecular weight excluding hydrogens is 485 g/mol. The van der Waals surface area contributed by atoms with Crippen molar-refractivity contribution < 1.29 is 13.9 Å². The van der Waals surface area contributed by atoms with Gasteiger partial charge in [-0.25, -0.2) is 4.39 Å². The zero-order chi connectivity index (χ0) is 24.5. The highest BCUT2D eigenvalue weighted by molar-refractivity contribution is 8.26. The quantitative estimate of drug-likeness (QED) is 0.271. The molecule has 1 aliphatic heterocycles. The summed E-state index contributed by atoms with van der Waals surface area (Å²) in [7, 11) is 0. The van der Waals surface area contributed by atoms with E-state index in [9.17, 15) is 14.0 Å². The Morgan fingerprint density at radius 1 is 1.06 bits per heavy atom. The van der Waals surface area contributed by atoms with Crippen molar-refractivity contribution in [3.05, 3.63) is 111 Å². The standard InChI is InChI=1S/C26H18FN3O3S2/c1-16-5-7-17(8-6-16)15-30-25(32)21(35-26(30)34)14-20-23(33-19-11-9-18(27)10-12-19)28-22-4-2-3-13-29(22)24(20)31/h2-14H,15H2,1H3/b21-14+. The number of thiocarbonyl (C=S) groups is 1. The number of hydrogen-bond acceptors (Lipinski definition) is 6. The van der Waals surface area contributed by atoms with Crippen LogP contribution < -0.4 is 10.3 Å². The Morgan fingerprint density at radius 3 is 2.54 bits per heavy atom. The summed E-state index contributed by atoms with van der Waals surface area (Å²) in [5.74, 6) is -0.399. The number of aryl methyl sites for hydroxylation is 1. The van der Waals surface area contributed by atoms with E-state index in [0.717, 1.165) is 22.9 Å². The van der Waals surface area contributed by atoms with Crippen LogP contribution in [0.3, 0.4) is 0 Å². The molecule has 0 N–H and O–H groups in total. The van der Waals surface area contributed by atoms with Gasteiger partial charge in [-0.05, 0) is 55.0 Å². The molecule has 2 aromatic carbocycles. The highest BCUT2D eigenvalue weighted by atomic mass is 32.2. The van der Waals surface area contributed by atoms with Gasteiger partial charge in [-0.3, -0.25) is 18.9 Å². The number of carbonyl (C=O) groups is 1. The van der Waals surface area contributed by atoms with Crippen molar-refractivity contribution in [3.8, 4) is 11.6 Å². The fraction of sp³-hybridized carbons (Fsp3) is 0.0769. The van der Waals surface area contributed by atoms with Crippen LogP contribution in [0.25, 0.3) is 11.7 Å². The van der Waals surface area contributed by atoms with Gasteiger partial charge in [0.15, 0.2) is 0 Å². The van der Waals surface area contributed by atoms with Crippen LogP contribution in [0.4, 0.5) is 4.39 Å². The van der Waals surface area contributed by atoms with Crippen LogP contribution in [0.2, 0.25) is 0 Å². The van der Waals surface area contributed by atoms with E-state index < -0.39 is 11.4 Å². The van der Waals surface area contributed by atoms with E-state index in [2.05, 4.69) is 4.98 Å². The molecule has 3 heterocycles.